The number of hydrogen-bond acceptors (Lipinski definition) is 3. The standard InChI is InChI=1S/C13H24O3/c1-8-13(6,7)10(2)15-9-11(14)16-12(3,4)5/h2,8-9H2,1,3-7H3. The van der Waals surface area contributed by atoms with Crippen molar-refractivity contribution in [3.05, 3.63) is 12.3 Å². The van der Waals surface area contributed by atoms with Gasteiger partial charge in [0.2, 0.25) is 0 Å². The first kappa shape index (κ1) is 15.0. The summed E-state index contributed by atoms with van der Waals surface area (Å²) in [5.41, 5.74) is -0.579. The van der Waals surface area contributed by atoms with Gasteiger partial charge < -0.3 is 9.47 Å². The minimum Gasteiger partial charge on any atom is -0.486 e. The Morgan fingerprint density at radius 1 is 1.19 bits per heavy atom. The lowest BCUT2D eigenvalue weighted by molar-refractivity contribution is -0.159. The third-order valence-electron chi connectivity index (χ3n) is 2.42. The summed E-state index contributed by atoms with van der Waals surface area (Å²) >= 11 is 0. The molecule has 0 N–H and O–H groups in total. The molecule has 0 aliphatic heterocycles. The molecule has 0 atom stereocenters. The molecule has 0 amide bonds. The molecule has 0 unspecified atom stereocenters. The van der Waals surface area contributed by atoms with E-state index in [4.69, 9.17) is 9.47 Å². The van der Waals surface area contributed by atoms with E-state index < -0.39 is 5.60 Å². The van der Waals surface area contributed by atoms with Crippen molar-refractivity contribution in [2.75, 3.05) is 6.61 Å². The van der Waals surface area contributed by atoms with Crippen LogP contribution in [0.3, 0.4) is 0 Å². The Labute approximate surface area is 98.8 Å². The van der Waals surface area contributed by atoms with Crippen molar-refractivity contribution < 1.29 is 14.3 Å². The summed E-state index contributed by atoms with van der Waals surface area (Å²) < 4.78 is 10.5. The van der Waals surface area contributed by atoms with Crippen LogP contribution in [0.5, 0.6) is 0 Å². The van der Waals surface area contributed by atoms with E-state index in [1.807, 2.05) is 34.6 Å². The molecule has 94 valence electrons. The Hall–Kier alpha value is -0.990. The average molecular weight is 228 g/mol. The summed E-state index contributed by atoms with van der Waals surface area (Å²) in [4.78, 5) is 11.4. The SMILES string of the molecule is C=C(OCC(=O)OC(C)(C)C)C(C)(C)CC. The lowest BCUT2D eigenvalue weighted by Gasteiger charge is -2.26. The van der Waals surface area contributed by atoms with Gasteiger partial charge in [-0.05, 0) is 27.2 Å². The van der Waals surface area contributed by atoms with Crippen molar-refractivity contribution in [1.82, 2.24) is 0 Å². The molecule has 0 saturated carbocycles. The van der Waals surface area contributed by atoms with Crippen molar-refractivity contribution >= 4 is 5.97 Å². The highest BCUT2D eigenvalue weighted by Gasteiger charge is 2.23. The van der Waals surface area contributed by atoms with Crippen LogP contribution in [0.25, 0.3) is 0 Å². The van der Waals surface area contributed by atoms with Gasteiger partial charge in [0.25, 0.3) is 0 Å². The first-order chi connectivity index (χ1) is 7.08. The monoisotopic (exact) mass is 228 g/mol. The predicted molar refractivity (Wildman–Crippen MR) is 65.0 cm³/mol. The number of carbonyl (C=O) groups is 1. The number of ether oxygens (including phenoxy) is 2. The zero-order valence-electron chi connectivity index (χ0n) is 11.3. The van der Waals surface area contributed by atoms with Crippen molar-refractivity contribution in [3.8, 4) is 0 Å². The summed E-state index contributed by atoms with van der Waals surface area (Å²) in [5, 5.41) is 0. The zero-order chi connectivity index (χ0) is 13.0. The van der Waals surface area contributed by atoms with Crippen molar-refractivity contribution in [1.29, 1.82) is 0 Å². The number of rotatable bonds is 5. The Bertz CT molecular complexity index is 259. The van der Waals surface area contributed by atoms with Crippen LogP contribution >= 0.6 is 0 Å². The van der Waals surface area contributed by atoms with Crippen LogP contribution in [0.15, 0.2) is 12.3 Å². The second kappa shape index (κ2) is 5.37. The second-order valence-electron chi connectivity index (χ2n) is 5.54. The molecule has 0 saturated heterocycles. The van der Waals surface area contributed by atoms with Crippen molar-refractivity contribution in [2.45, 2.75) is 53.6 Å². The van der Waals surface area contributed by atoms with Gasteiger partial charge in [-0.3, -0.25) is 0 Å². The summed E-state index contributed by atoms with van der Waals surface area (Å²) in [6, 6.07) is 0. The van der Waals surface area contributed by atoms with Crippen LogP contribution < -0.4 is 0 Å². The number of esters is 1. The molecule has 0 rings (SSSR count). The minimum atomic E-state index is -0.470. The second-order valence-corrected chi connectivity index (χ2v) is 5.54. The topological polar surface area (TPSA) is 35.5 Å². The van der Waals surface area contributed by atoms with E-state index in [0.717, 1.165) is 6.42 Å². The quantitative estimate of drug-likeness (QED) is 0.535. The molecule has 0 bridgehead atoms. The maximum absolute atomic E-state index is 11.4. The van der Waals surface area contributed by atoms with Crippen LogP contribution in [0.1, 0.15) is 48.0 Å². The minimum absolute atomic E-state index is 0.0699. The summed E-state index contributed by atoms with van der Waals surface area (Å²) in [7, 11) is 0. The Kier molecular flexibility index (Phi) is 5.04. The predicted octanol–water partition coefficient (Wildman–Crippen LogP) is 3.29. The first-order valence-electron chi connectivity index (χ1n) is 5.62. The molecule has 0 aromatic carbocycles. The van der Waals surface area contributed by atoms with Crippen LogP contribution in [-0.4, -0.2) is 18.2 Å². The molecule has 0 aliphatic rings. The molecule has 16 heavy (non-hydrogen) atoms. The van der Waals surface area contributed by atoms with Gasteiger partial charge in [-0.15, -0.1) is 0 Å². The molecule has 3 nitrogen and oxygen atoms in total. The van der Waals surface area contributed by atoms with Gasteiger partial charge in [0, 0.05) is 5.41 Å². The van der Waals surface area contributed by atoms with Gasteiger partial charge in [-0.2, -0.15) is 0 Å². The highest BCUT2D eigenvalue weighted by molar-refractivity contribution is 5.71. The fourth-order valence-corrected chi connectivity index (χ4v) is 0.910. The van der Waals surface area contributed by atoms with E-state index in [2.05, 4.69) is 13.5 Å². The van der Waals surface area contributed by atoms with Crippen LogP contribution in [0, 0.1) is 5.41 Å². The largest absolute Gasteiger partial charge is 0.486 e. The van der Waals surface area contributed by atoms with E-state index in [0.29, 0.717) is 5.76 Å². The zero-order valence-corrected chi connectivity index (χ0v) is 11.3. The van der Waals surface area contributed by atoms with Crippen LogP contribution in [-0.2, 0) is 14.3 Å². The maximum atomic E-state index is 11.4. The average Bonchev–Trinajstić information content (AvgIpc) is 2.11. The van der Waals surface area contributed by atoms with Gasteiger partial charge in [-0.1, -0.05) is 27.4 Å². The van der Waals surface area contributed by atoms with E-state index in [1.54, 1.807) is 0 Å². The lowest BCUT2D eigenvalue weighted by Crippen LogP contribution is -2.27. The summed E-state index contributed by atoms with van der Waals surface area (Å²) in [6.45, 7) is 15.4. The summed E-state index contributed by atoms with van der Waals surface area (Å²) in [6.07, 6.45) is 0.917. The first-order valence-corrected chi connectivity index (χ1v) is 5.62. The van der Waals surface area contributed by atoms with Gasteiger partial charge in [0.05, 0.1) is 5.76 Å². The third-order valence-corrected chi connectivity index (χ3v) is 2.42. The Balaban J connectivity index is 4.08. The molecule has 0 heterocycles. The van der Waals surface area contributed by atoms with Crippen LogP contribution in [0.2, 0.25) is 0 Å². The van der Waals surface area contributed by atoms with Gasteiger partial charge in [0.1, 0.15) is 5.60 Å². The highest BCUT2D eigenvalue weighted by atomic mass is 16.6. The molecular formula is C13H24O3. The van der Waals surface area contributed by atoms with Crippen molar-refractivity contribution in [3.63, 3.8) is 0 Å². The fraction of sp³-hybridized carbons (Fsp3) is 0.769. The van der Waals surface area contributed by atoms with Gasteiger partial charge in [-0.25, -0.2) is 4.79 Å². The molecule has 0 radical (unpaired) electrons. The maximum Gasteiger partial charge on any atom is 0.344 e. The molecule has 0 aliphatic carbocycles. The normalized spacial score (nSPS) is 12.1. The smallest absolute Gasteiger partial charge is 0.344 e. The molecule has 0 aromatic heterocycles. The van der Waals surface area contributed by atoms with E-state index >= 15 is 0 Å². The summed E-state index contributed by atoms with van der Waals surface area (Å²) in [5.74, 6) is 0.265. The molecule has 0 aromatic rings. The molecule has 0 spiro atoms. The Morgan fingerprint density at radius 2 is 1.69 bits per heavy atom. The van der Waals surface area contributed by atoms with Gasteiger partial charge >= 0.3 is 5.97 Å². The third kappa shape index (κ3) is 5.79. The van der Waals surface area contributed by atoms with E-state index in [-0.39, 0.29) is 18.0 Å². The van der Waals surface area contributed by atoms with Gasteiger partial charge in [0.15, 0.2) is 6.61 Å². The fourth-order valence-electron chi connectivity index (χ4n) is 0.910. The molecule has 0 fully saturated rings. The van der Waals surface area contributed by atoms with E-state index in [9.17, 15) is 4.79 Å². The number of hydrogen-bond donors (Lipinski definition) is 0. The molecule has 3 heteroatoms. The Morgan fingerprint density at radius 3 is 2.06 bits per heavy atom. The highest BCUT2D eigenvalue weighted by Crippen LogP contribution is 2.29. The van der Waals surface area contributed by atoms with Crippen LogP contribution in [0.4, 0.5) is 0 Å². The molecular weight excluding hydrogens is 204 g/mol. The van der Waals surface area contributed by atoms with E-state index in [1.165, 1.54) is 0 Å². The lowest BCUT2D eigenvalue weighted by atomic mass is 9.88. The van der Waals surface area contributed by atoms with Crippen molar-refractivity contribution in [2.24, 2.45) is 5.41 Å². The number of carbonyl (C=O) groups excluding carboxylic acids is 1. The number of allylic oxidation sites excluding steroid dienone is 1.